The Labute approximate surface area is 131 Å². The minimum absolute atomic E-state index is 0.0301. The van der Waals surface area contributed by atoms with Gasteiger partial charge >= 0.3 is 10.1 Å². The summed E-state index contributed by atoms with van der Waals surface area (Å²) in [7, 11) is -3.96. The molecule has 0 atom stereocenters. The lowest BCUT2D eigenvalue weighted by molar-refractivity contribution is 0.426. The van der Waals surface area contributed by atoms with E-state index in [-0.39, 0.29) is 16.4 Å². The highest BCUT2D eigenvalue weighted by molar-refractivity contribution is 14.1. The van der Waals surface area contributed by atoms with Crippen molar-refractivity contribution in [2.45, 2.75) is 18.7 Å². The van der Waals surface area contributed by atoms with Gasteiger partial charge in [0.1, 0.15) is 4.90 Å². The van der Waals surface area contributed by atoms with Crippen molar-refractivity contribution in [3.8, 4) is 11.5 Å². The molecule has 0 bridgehead atoms. The molecule has 0 amide bonds. The largest absolute Gasteiger partial charge is 0.504 e. The summed E-state index contributed by atoms with van der Waals surface area (Å²) in [5.74, 6) is -0.226. The first-order valence-electron chi connectivity index (χ1n) is 5.80. The van der Waals surface area contributed by atoms with Gasteiger partial charge in [-0.05, 0) is 60.7 Å². The van der Waals surface area contributed by atoms with Crippen LogP contribution >= 0.6 is 22.6 Å². The van der Waals surface area contributed by atoms with Crippen LogP contribution in [0.2, 0.25) is 0 Å². The maximum Gasteiger partial charge on any atom is 0.339 e. The van der Waals surface area contributed by atoms with Gasteiger partial charge < -0.3 is 9.29 Å². The third kappa shape index (κ3) is 3.06. The van der Waals surface area contributed by atoms with Crippen LogP contribution in [0.3, 0.4) is 0 Å². The fourth-order valence-electron chi connectivity index (χ4n) is 1.62. The molecule has 0 aliphatic rings. The number of rotatable bonds is 3. The van der Waals surface area contributed by atoms with Gasteiger partial charge in [0.05, 0.1) is 0 Å². The van der Waals surface area contributed by atoms with Gasteiger partial charge in [-0.25, -0.2) is 0 Å². The molecule has 0 spiro atoms. The van der Waals surface area contributed by atoms with Crippen molar-refractivity contribution >= 4 is 32.7 Å². The van der Waals surface area contributed by atoms with E-state index in [0.717, 1.165) is 9.13 Å². The molecule has 0 saturated heterocycles. The van der Waals surface area contributed by atoms with E-state index in [1.54, 1.807) is 25.1 Å². The number of aromatic hydroxyl groups is 1. The van der Waals surface area contributed by atoms with Gasteiger partial charge in [0.15, 0.2) is 11.5 Å². The zero-order chi connectivity index (χ0) is 14.9. The summed E-state index contributed by atoms with van der Waals surface area (Å²) in [6.45, 7) is 3.56. The number of phenolic OH excluding ortho intramolecular Hbond substituents is 1. The van der Waals surface area contributed by atoms with Crippen molar-refractivity contribution in [3.05, 3.63) is 51.1 Å². The van der Waals surface area contributed by atoms with E-state index in [9.17, 15) is 13.5 Å². The molecule has 106 valence electrons. The smallest absolute Gasteiger partial charge is 0.339 e. The van der Waals surface area contributed by atoms with Gasteiger partial charge in [-0.1, -0.05) is 17.7 Å². The third-order valence-corrected chi connectivity index (χ3v) is 5.23. The van der Waals surface area contributed by atoms with E-state index < -0.39 is 10.1 Å². The minimum atomic E-state index is -3.96. The highest BCUT2D eigenvalue weighted by Gasteiger charge is 2.20. The number of benzene rings is 2. The topological polar surface area (TPSA) is 63.6 Å². The average Bonchev–Trinajstić information content (AvgIpc) is 2.40. The maximum atomic E-state index is 12.2. The van der Waals surface area contributed by atoms with E-state index in [2.05, 4.69) is 22.6 Å². The Bertz CT molecular complexity index is 737. The van der Waals surface area contributed by atoms with Crippen LogP contribution in [0.1, 0.15) is 11.1 Å². The quantitative estimate of drug-likeness (QED) is 0.630. The Morgan fingerprint density at radius 3 is 2.25 bits per heavy atom. The van der Waals surface area contributed by atoms with Crippen LogP contribution in [-0.2, 0) is 10.1 Å². The van der Waals surface area contributed by atoms with E-state index in [1.165, 1.54) is 18.2 Å². The first-order valence-corrected chi connectivity index (χ1v) is 8.29. The van der Waals surface area contributed by atoms with Crippen LogP contribution in [0.5, 0.6) is 11.5 Å². The Balaban J connectivity index is 2.43. The zero-order valence-electron chi connectivity index (χ0n) is 10.9. The fourth-order valence-corrected chi connectivity index (χ4v) is 3.04. The van der Waals surface area contributed by atoms with Gasteiger partial charge in [0.25, 0.3) is 0 Å². The molecule has 0 radical (unpaired) electrons. The summed E-state index contributed by atoms with van der Waals surface area (Å²) in [5.41, 5.74) is 1.54. The monoisotopic (exact) mass is 404 g/mol. The molecular formula is C14H13IO4S. The van der Waals surface area contributed by atoms with Gasteiger partial charge in [0.2, 0.25) is 0 Å². The van der Waals surface area contributed by atoms with Crippen molar-refractivity contribution in [1.82, 2.24) is 0 Å². The summed E-state index contributed by atoms with van der Waals surface area (Å²) in [4.78, 5) is 0.0563. The van der Waals surface area contributed by atoms with Crippen molar-refractivity contribution in [3.63, 3.8) is 0 Å². The van der Waals surface area contributed by atoms with Crippen LogP contribution in [0.15, 0.2) is 41.3 Å². The summed E-state index contributed by atoms with van der Waals surface area (Å²) < 4.78 is 30.3. The second-order valence-corrected chi connectivity index (χ2v) is 7.08. The summed E-state index contributed by atoms with van der Waals surface area (Å²) in [6.07, 6.45) is 0. The molecule has 0 unspecified atom stereocenters. The molecule has 20 heavy (non-hydrogen) atoms. The van der Waals surface area contributed by atoms with E-state index in [0.29, 0.717) is 5.56 Å². The van der Waals surface area contributed by atoms with Crippen LogP contribution in [0.4, 0.5) is 0 Å². The van der Waals surface area contributed by atoms with E-state index in [1.807, 2.05) is 6.92 Å². The first-order chi connectivity index (χ1) is 9.31. The Morgan fingerprint density at radius 1 is 1.05 bits per heavy atom. The van der Waals surface area contributed by atoms with Crippen molar-refractivity contribution in [1.29, 1.82) is 0 Å². The second kappa shape index (κ2) is 5.61. The van der Waals surface area contributed by atoms with Gasteiger partial charge in [-0.15, -0.1) is 0 Å². The van der Waals surface area contributed by atoms with Crippen molar-refractivity contribution in [2.75, 3.05) is 0 Å². The van der Waals surface area contributed by atoms with Crippen LogP contribution in [0, 0.1) is 17.4 Å². The molecule has 2 aromatic carbocycles. The lowest BCUT2D eigenvalue weighted by atomic mass is 10.2. The number of phenols is 1. The predicted molar refractivity (Wildman–Crippen MR) is 84.6 cm³/mol. The minimum Gasteiger partial charge on any atom is -0.504 e. The lowest BCUT2D eigenvalue weighted by Gasteiger charge is -2.12. The van der Waals surface area contributed by atoms with Crippen LogP contribution in [-0.4, -0.2) is 13.5 Å². The highest BCUT2D eigenvalue weighted by Crippen LogP contribution is 2.34. The standard InChI is InChI=1S/C14H13IO4S/c1-9-3-5-11(6-4-9)20(17,18)19-14-10(2)12(15)7-8-13(14)16/h3-8,16H,1-2H3. The fraction of sp³-hybridized carbons (Fsp3) is 0.143. The molecule has 0 heterocycles. The van der Waals surface area contributed by atoms with Crippen molar-refractivity contribution in [2.24, 2.45) is 0 Å². The number of halogens is 1. The maximum absolute atomic E-state index is 12.2. The molecular weight excluding hydrogens is 391 g/mol. The Morgan fingerprint density at radius 2 is 1.65 bits per heavy atom. The second-order valence-electron chi connectivity index (χ2n) is 4.37. The van der Waals surface area contributed by atoms with Gasteiger partial charge in [-0.2, -0.15) is 8.42 Å². The van der Waals surface area contributed by atoms with Crippen molar-refractivity contribution < 1.29 is 17.7 Å². The zero-order valence-corrected chi connectivity index (χ0v) is 13.9. The Kier molecular flexibility index (Phi) is 4.24. The molecule has 0 aromatic heterocycles. The molecule has 4 nitrogen and oxygen atoms in total. The highest BCUT2D eigenvalue weighted by atomic mass is 127. The van der Waals surface area contributed by atoms with Crippen LogP contribution < -0.4 is 4.18 Å². The Hall–Kier alpha value is -1.28. The summed E-state index contributed by atoms with van der Waals surface area (Å²) in [5, 5.41) is 9.78. The SMILES string of the molecule is Cc1ccc(S(=O)(=O)Oc2c(O)ccc(I)c2C)cc1. The lowest BCUT2D eigenvalue weighted by Crippen LogP contribution is -2.11. The molecule has 2 aromatic rings. The molecule has 1 N–H and O–H groups in total. The van der Waals surface area contributed by atoms with Crippen LogP contribution in [0.25, 0.3) is 0 Å². The molecule has 6 heteroatoms. The predicted octanol–water partition coefficient (Wildman–Crippen LogP) is 3.38. The third-order valence-electron chi connectivity index (χ3n) is 2.82. The summed E-state index contributed by atoms with van der Waals surface area (Å²) in [6, 6.07) is 9.44. The number of hydrogen-bond donors (Lipinski definition) is 1. The molecule has 2 rings (SSSR count). The first kappa shape index (κ1) is 15.1. The number of aryl methyl sites for hydroxylation is 1. The summed E-state index contributed by atoms with van der Waals surface area (Å²) >= 11 is 2.05. The average molecular weight is 404 g/mol. The molecule has 0 fully saturated rings. The normalized spacial score (nSPS) is 11.3. The molecule has 0 saturated carbocycles. The van der Waals surface area contributed by atoms with Gasteiger partial charge in [0, 0.05) is 9.13 Å². The van der Waals surface area contributed by atoms with Gasteiger partial charge in [-0.3, -0.25) is 0 Å². The molecule has 0 aliphatic heterocycles. The molecule has 0 aliphatic carbocycles. The van der Waals surface area contributed by atoms with E-state index in [4.69, 9.17) is 4.18 Å². The number of hydrogen-bond acceptors (Lipinski definition) is 4. The van der Waals surface area contributed by atoms with E-state index >= 15 is 0 Å².